The van der Waals surface area contributed by atoms with Crippen molar-refractivity contribution >= 4 is 23.3 Å². The molecule has 36 heavy (non-hydrogen) atoms. The van der Waals surface area contributed by atoms with Gasteiger partial charge in [0.05, 0.1) is 17.6 Å². The number of Topliss-reactive ketones (excluding diaryl/α,β-unsaturated/α-hetero) is 3. The van der Waals surface area contributed by atoms with Gasteiger partial charge in [0, 0.05) is 12.0 Å². The highest BCUT2D eigenvalue weighted by atomic mass is 16.3. The van der Waals surface area contributed by atoms with Gasteiger partial charge in [0.1, 0.15) is 11.7 Å². The molecule has 3 aliphatic rings. The molecule has 0 heterocycles. The largest absolute Gasteiger partial charge is 0.507 e. The van der Waals surface area contributed by atoms with E-state index in [-0.39, 0.29) is 24.2 Å². The molecule has 0 bridgehead atoms. The van der Waals surface area contributed by atoms with E-state index < -0.39 is 64.7 Å². The molecule has 2 fully saturated rings. The fraction of sp³-hybridized carbons (Fsp3) is 0.407. The van der Waals surface area contributed by atoms with Crippen molar-refractivity contribution in [3.63, 3.8) is 0 Å². The van der Waals surface area contributed by atoms with Gasteiger partial charge in [-0.2, -0.15) is 0 Å². The fourth-order valence-electron chi connectivity index (χ4n) is 6.71. The lowest BCUT2D eigenvalue weighted by atomic mass is 9.52. The van der Waals surface area contributed by atoms with Crippen LogP contribution in [0.1, 0.15) is 22.3 Å². The van der Waals surface area contributed by atoms with Crippen LogP contribution in [0.15, 0.2) is 42.5 Å². The molecule has 0 spiro atoms. The van der Waals surface area contributed by atoms with Crippen LogP contribution < -0.4 is 5.73 Å². The normalized spacial score (nSPS) is 33.6. The first-order valence-electron chi connectivity index (χ1n) is 11.9. The highest BCUT2D eigenvalue weighted by molar-refractivity contribution is 6.25. The van der Waals surface area contributed by atoms with Gasteiger partial charge in [-0.25, -0.2) is 0 Å². The minimum atomic E-state index is -2.66. The molecular formula is C27H28N2O7. The molecular weight excluding hydrogens is 464 g/mol. The van der Waals surface area contributed by atoms with Crippen molar-refractivity contribution in [3.05, 3.63) is 53.6 Å². The standard InChI is InChI=1S/C27H28N2O7/c1-29(2)21-16-11-13-10-15-14(12-6-4-3-5-7-12)8-9-17(30)19(15)22(31)18(13)24(33)27(16,36)25(34)20(23(21)32)26(28)35/h3-9,13,16,18,20-21,23,30,32,36H,10-11H2,1-2H3,(H2,28,35)/t13-,16-,18?,20?,21-,23?,27-/m1/s1. The van der Waals surface area contributed by atoms with E-state index in [2.05, 4.69) is 0 Å². The van der Waals surface area contributed by atoms with Gasteiger partial charge in [-0.3, -0.25) is 19.2 Å². The molecule has 9 heteroatoms. The zero-order valence-corrected chi connectivity index (χ0v) is 19.9. The second-order valence-electron chi connectivity index (χ2n) is 10.3. The first-order chi connectivity index (χ1) is 17.0. The zero-order chi connectivity index (χ0) is 26.1. The number of nitrogens with two attached hydrogens (primary N) is 1. The number of aliphatic hydroxyl groups excluding tert-OH is 1. The number of fused-ring (bicyclic) bond motifs is 3. The number of aromatic hydroxyl groups is 1. The maximum Gasteiger partial charge on any atom is 0.230 e. The van der Waals surface area contributed by atoms with Crippen LogP contribution in [0.4, 0.5) is 0 Å². The van der Waals surface area contributed by atoms with Crippen LogP contribution in [0.3, 0.4) is 0 Å². The van der Waals surface area contributed by atoms with Gasteiger partial charge < -0.3 is 26.0 Å². The van der Waals surface area contributed by atoms with Gasteiger partial charge in [-0.05, 0) is 55.6 Å². The lowest BCUT2D eigenvalue weighted by Gasteiger charge is -2.54. The smallest absolute Gasteiger partial charge is 0.230 e. The summed E-state index contributed by atoms with van der Waals surface area (Å²) in [6, 6.07) is 11.6. The number of rotatable bonds is 3. The average molecular weight is 493 g/mol. The molecule has 0 aliphatic heterocycles. The summed E-state index contributed by atoms with van der Waals surface area (Å²) in [5, 5.41) is 33.2. The summed E-state index contributed by atoms with van der Waals surface area (Å²) < 4.78 is 0. The number of aliphatic hydroxyl groups is 2. The first kappa shape index (κ1) is 24.3. The van der Waals surface area contributed by atoms with Gasteiger partial charge in [-0.15, -0.1) is 0 Å². The van der Waals surface area contributed by atoms with Crippen LogP contribution in [-0.4, -0.2) is 75.3 Å². The van der Waals surface area contributed by atoms with Crippen molar-refractivity contribution < 1.29 is 34.5 Å². The van der Waals surface area contributed by atoms with E-state index in [1.54, 1.807) is 25.1 Å². The van der Waals surface area contributed by atoms with Crippen LogP contribution in [0.25, 0.3) is 11.1 Å². The van der Waals surface area contributed by atoms with Crippen molar-refractivity contribution in [3.8, 4) is 16.9 Å². The molecule has 0 aromatic heterocycles. The number of ketones is 3. The van der Waals surface area contributed by atoms with Crippen LogP contribution in [0.2, 0.25) is 0 Å². The number of primary amides is 1. The molecule has 188 valence electrons. The summed E-state index contributed by atoms with van der Waals surface area (Å²) >= 11 is 0. The number of phenolic OH excluding ortho intramolecular Hbond substituents is 1. The minimum absolute atomic E-state index is 0.00640. The lowest BCUT2D eigenvalue weighted by molar-refractivity contribution is -0.190. The molecule has 1 amide bonds. The SMILES string of the molecule is CN(C)[C@H]1C(O)C(C(N)=O)C(=O)[C@]2(O)C(=O)C3C(=O)c4c(O)ccc(-c5ccccc5)c4C[C@@H]3C[C@H]12. The molecule has 0 radical (unpaired) electrons. The molecule has 2 saturated carbocycles. The Kier molecular flexibility index (Phi) is 5.62. The quantitative estimate of drug-likeness (QED) is 0.446. The van der Waals surface area contributed by atoms with E-state index in [1.165, 1.54) is 6.07 Å². The number of nitrogens with zero attached hydrogens (tertiary/aromatic N) is 1. The number of carbonyl (C=O) groups is 4. The summed E-state index contributed by atoms with van der Waals surface area (Å²) in [5.74, 6) is -9.04. The number of benzene rings is 2. The number of carbonyl (C=O) groups excluding carboxylic acids is 4. The zero-order valence-electron chi connectivity index (χ0n) is 19.9. The number of likely N-dealkylation sites (N-methyl/N-ethyl adjacent to an activating group) is 1. The van der Waals surface area contributed by atoms with E-state index in [0.29, 0.717) is 5.56 Å². The number of amides is 1. The van der Waals surface area contributed by atoms with Gasteiger partial charge in [-0.1, -0.05) is 36.4 Å². The molecule has 5 rings (SSSR count). The molecule has 3 unspecified atom stereocenters. The minimum Gasteiger partial charge on any atom is -0.507 e. The Labute approximate surface area is 207 Å². The average Bonchev–Trinajstić information content (AvgIpc) is 2.81. The Hall–Kier alpha value is -3.40. The van der Waals surface area contributed by atoms with Gasteiger partial charge >= 0.3 is 0 Å². The van der Waals surface area contributed by atoms with Crippen molar-refractivity contribution in [2.75, 3.05) is 14.1 Å². The summed E-state index contributed by atoms with van der Waals surface area (Å²) in [7, 11) is 3.23. The van der Waals surface area contributed by atoms with Crippen LogP contribution in [-0.2, 0) is 20.8 Å². The summed E-state index contributed by atoms with van der Waals surface area (Å²) in [4.78, 5) is 54.6. The maximum absolute atomic E-state index is 13.8. The Morgan fingerprint density at radius 3 is 2.33 bits per heavy atom. The van der Waals surface area contributed by atoms with Crippen molar-refractivity contribution in [2.45, 2.75) is 30.6 Å². The monoisotopic (exact) mass is 492 g/mol. The second-order valence-corrected chi connectivity index (χ2v) is 10.3. The van der Waals surface area contributed by atoms with E-state index in [4.69, 9.17) is 5.73 Å². The number of hydrogen-bond donors (Lipinski definition) is 4. The second kappa shape index (κ2) is 8.33. The van der Waals surface area contributed by atoms with E-state index in [9.17, 15) is 34.5 Å². The van der Waals surface area contributed by atoms with Crippen molar-refractivity contribution in [1.29, 1.82) is 0 Å². The van der Waals surface area contributed by atoms with Crippen molar-refractivity contribution in [2.24, 2.45) is 29.4 Å². The van der Waals surface area contributed by atoms with Crippen LogP contribution >= 0.6 is 0 Å². The third kappa shape index (κ3) is 3.20. The van der Waals surface area contributed by atoms with E-state index in [1.807, 2.05) is 30.3 Å². The molecule has 0 saturated heterocycles. The first-order valence-corrected chi connectivity index (χ1v) is 11.9. The van der Waals surface area contributed by atoms with Gasteiger partial charge in [0.2, 0.25) is 5.91 Å². The third-order valence-corrected chi connectivity index (χ3v) is 8.26. The molecule has 2 aromatic carbocycles. The molecule has 7 atom stereocenters. The Bertz CT molecular complexity index is 1290. The highest BCUT2D eigenvalue weighted by Crippen LogP contribution is 2.52. The topological polar surface area (TPSA) is 158 Å². The maximum atomic E-state index is 13.8. The molecule has 2 aromatic rings. The van der Waals surface area contributed by atoms with Gasteiger partial charge in [0.15, 0.2) is 23.0 Å². The predicted molar refractivity (Wildman–Crippen MR) is 128 cm³/mol. The summed E-state index contributed by atoms with van der Waals surface area (Å²) in [6.45, 7) is 0. The Morgan fingerprint density at radius 1 is 1.06 bits per heavy atom. The van der Waals surface area contributed by atoms with E-state index in [0.717, 1.165) is 11.1 Å². The van der Waals surface area contributed by atoms with Gasteiger partial charge in [0.25, 0.3) is 0 Å². The number of hydrogen-bond acceptors (Lipinski definition) is 8. The van der Waals surface area contributed by atoms with Crippen molar-refractivity contribution in [1.82, 2.24) is 4.90 Å². The molecule has 3 aliphatic carbocycles. The molecule has 9 nitrogen and oxygen atoms in total. The Balaban J connectivity index is 1.66. The summed E-state index contributed by atoms with van der Waals surface area (Å²) in [6.07, 6.45) is -1.18. The third-order valence-electron chi connectivity index (χ3n) is 8.26. The summed E-state index contributed by atoms with van der Waals surface area (Å²) in [5.41, 5.74) is 4.94. The number of phenols is 1. The molecule has 5 N–H and O–H groups in total. The van der Waals surface area contributed by atoms with Crippen LogP contribution in [0.5, 0.6) is 5.75 Å². The van der Waals surface area contributed by atoms with Crippen LogP contribution in [0, 0.1) is 23.7 Å². The van der Waals surface area contributed by atoms with E-state index >= 15 is 0 Å². The Morgan fingerprint density at radius 2 is 1.72 bits per heavy atom. The lowest BCUT2D eigenvalue weighted by Crippen LogP contribution is -2.75. The fourth-order valence-corrected chi connectivity index (χ4v) is 6.71. The predicted octanol–water partition coefficient (Wildman–Crippen LogP) is 0.326. The highest BCUT2D eigenvalue weighted by Gasteiger charge is 2.69.